The number of alkyl halides is 1. The van der Waals surface area contributed by atoms with Crippen LogP contribution in [0.1, 0.15) is 0 Å². The summed E-state index contributed by atoms with van der Waals surface area (Å²) in [5.41, 5.74) is 16.1. The van der Waals surface area contributed by atoms with Crippen molar-refractivity contribution in [1.82, 2.24) is 5.32 Å². The number of nitrogens with two attached hydrogens (primary N) is 3. The van der Waals surface area contributed by atoms with Gasteiger partial charge >= 0.3 is 0 Å². The van der Waals surface area contributed by atoms with Crippen molar-refractivity contribution in [1.29, 1.82) is 0 Å². The maximum Gasteiger partial charge on any atom is 0.261 e. The van der Waals surface area contributed by atoms with Crippen LogP contribution in [-0.4, -0.2) is 15.7 Å². The van der Waals surface area contributed by atoms with Gasteiger partial charge in [-0.05, 0) is 22.6 Å². The lowest BCUT2D eigenvalue weighted by molar-refractivity contribution is 0.699. The molecule has 6 nitrogen and oxygen atoms in total. The predicted octanol–water partition coefficient (Wildman–Crippen LogP) is -1.78. The fourth-order valence-electron chi connectivity index (χ4n) is 0.550. The smallest absolute Gasteiger partial charge is 0.261 e. The molecule has 0 aromatic carbocycles. The van der Waals surface area contributed by atoms with Crippen molar-refractivity contribution < 1.29 is 0 Å². The number of hydrogen-bond donors (Lipinski definition) is 4. The van der Waals surface area contributed by atoms with E-state index < -0.39 is 3.79 Å². The Bertz CT molecular complexity index is 185. The number of hydrogen-bond acceptors (Lipinski definition) is 6. The van der Waals surface area contributed by atoms with Crippen LogP contribution >= 0.6 is 22.6 Å². The number of guanidine groups is 2. The van der Waals surface area contributed by atoms with Crippen molar-refractivity contribution in [2.45, 2.75) is 3.79 Å². The molecule has 7 N–H and O–H groups in total. The average Bonchev–Trinajstić information content (AvgIpc) is 1.54. The fraction of sp³-hybridized carbons (Fsp3) is 0.333. The highest BCUT2D eigenvalue weighted by molar-refractivity contribution is 14.1. The number of nitrogens with zero attached hydrogens (tertiary/aromatic N) is 2. The van der Waals surface area contributed by atoms with Crippen LogP contribution in [0.3, 0.4) is 0 Å². The van der Waals surface area contributed by atoms with Crippen LogP contribution in [0.15, 0.2) is 9.98 Å². The minimum atomic E-state index is -1.04. The molecular weight excluding hydrogens is 247 g/mol. The van der Waals surface area contributed by atoms with Gasteiger partial charge in [0.15, 0.2) is 11.9 Å². The van der Waals surface area contributed by atoms with Gasteiger partial charge in [-0.15, -0.1) is 0 Å². The molecule has 0 radical (unpaired) electrons. The Kier molecular flexibility index (Phi) is 1.68. The van der Waals surface area contributed by atoms with E-state index in [4.69, 9.17) is 17.2 Å². The van der Waals surface area contributed by atoms with Gasteiger partial charge in [-0.3, -0.25) is 11.1 Å². The molecule has 56 valence electrons. The molecule has 0 aliphatic carbocycles. The summed E-state index contributed by atoms with van der Waals surface area (Å²) < 4.78 is -1.04. The van der Waals surface area contributed by atoms with E-state index in [1.807, 2.05) is 22.6 Å². The summed E-state index contributed by atoms with van der Waals surface area (Å²) in [5.74, 6) is 0.369. The molecule has 0 fully saturated rings. The molecule has 0 spiro atoms. The van der Waals surface area contributed by atoms with Crippen LogP contribution in [0.5, 0.6) is 0 Å². The third kappa shape index (κ3) is 1.70. The average molecular weight is 254 g/mol. The third-order valence-electron chi connectivity index (χ3n) is 0.811. The summed E-state index contributed by atoms with van der Waals surface area (Å²) in [6.45, 7) is 0. The van der Waals surface area contributed by atoms with E-state index in [-0.39, 0.29) is 11.9 Å². The van der Waals surface area contributed by atoms with Gasteiger partial charge in [-0.1, -0.05) is 0 Å². The predicted molar refractivity (Wildman–Crippen MR) is 47.3 cm³/mol. The highest BCUT2D eigenvalue weighted by atomic mass is 127. The second kappa shape index (κ2) is 2.23. The third-order valence-corrected chi connectivity index (χ3v) is 1.29. The van der Waals surface area contributed by atoms with Gasteiger partial charge in [0.05, 0.1) is 0 Å². The Morgan fingerprint density at radius 3 is 2.00 bits per heavy atom. The second-order valence-electron chi connectivity index (χ2n) is 1.76. The molecule has 1 heterocycles. The molecule has 1 aliphatic heterocycles. The first-order valence-electron chi connectivity index (χ1n) is 2.45. The molecule has 0 bridgehead atoms. The maximum absolute atomic E-state index is 5.47. The first-order valence-corrected chi connectivity index (χ1v) is 3.53. The molecule has 0 saturated heterocycles. The summed E-state index contributed by atoms with van der Waals surface area (Å²) in [5, 5.41) is 2.51. The first-order chi connectivity index (χ1) is 4.49. The Hall–Kier alpha value is -0.570. The summed E-state index contributed by atoms with van der Waals surface area (Å²) in [4.78, 5) is 7.49. The molecule has 10 heavy (non-hydrogen) atoms. The van der Waals surface area contributed by atoms with Crippen molar-refractivity contribution >= 4 is 34.5 Å². The van der Waals surface area contributed by atoms with Crippen molar-refractivity contribution in [2.24, 2.45) is 27.2 Å². The SMILES string of the molecule is NC1=NC(N)(I)N=C(N)N1. The van der Waals surface area contributed by atoms with E-state index in [9.17, 15) is 0 Å². The lowest BCUT2D eigenvalue weighted by atomic mass is 10.7. The Morgan fingerprint density at radius 1 is 1.30 bits per heavy atom. The largest absolute Gasteiger partial charge is 0.369 e. The van der Waals surface area contributed by atoms with E-state index in [0.29, 0.717) is 0 Å². The number of halogens is 1. The molecule has 0 atom stereocenters. The monoisotopic (exact) mass is 254 g/mol. The Labute approximate surface area is 71.1 Å². The molecule has 0 aromatic heterocycles. The van der Waals surface area contributed by atoms with Crippen molar-refractivity contribution in [3.05, 3.63) is 0 Å². The molecule has 0 amide bonds. The minimum absolute atomic E-state index is 0.185. The topological polar surface area (TPSA) is 115 Å². The normalized spacial score (nSPS) is 22.6. The summed E-state index contributed by atoms with van der Waals surface area (Å²) in [7, 11) is 0. The van der Waals surface area contributed by atoms with Crippen molar-refractivity contribution in [3.63, 3.8) is 0 Å². The van der Waals surface area contributed by atoms with Crippen LogP contribution < -0.4 is 22.5 Å². The first kappa shape index (κ1) is 7.54. The van der Waals surface area contributed by atoms with Crippen LogP contribution in [0.4, 0.5) is 0 Å². The molecule has 0 aromatic rings. The molecule has 1 rings (SSSR count). The zero-order valence-electron chi connectivity index (χ0n) is 5.00. The van der Waals surface area contributed by atoms with E-state index in [1.165, 1.54) is 0 Å². The van der Waals surface area contributed by atoms with Gasteiger partial charge in [0, 0.05) is 0 Å². The van der Waals surface area contributed by atoms with Crippen LogP contribution in [0.2, 0.25) is 0 Å². The number of rotatable bonds is 0. The summed E-state index contributed by atoms with van der Waals surface area (Å²) >= 11 is 1.82. The molecule has 0 saturated carbocycles. The lowest BCUT2D eigenvalue weighted by Crippen LogP contribution is -2.50. The highest BCUT2D eigenvalue weighted by Gasteiger charge is 2.22. The Morgan fingerprint density at radius 2 is 1.70 bits per heavy atom. The molecule has 0 unspecified atom stereocenters. The van der Waals surface area contributed by atoms with Gasteiger partial charge in [0.1, 0.15) is 0 Å². The van der Waals surface area contributed by atoms with Crippen LogP contribution in [-0.2, 0) is 0 Å². The Balaban J connectivity index is 2.88. The van der Waals surface area contributed by atoms with Gasteiger partial charge < -0.3 is 11.5 Å². The molecular formula is C3H7IN6. The zero-order valence-corrected chi connectivity index (χ0v) is 7.16. The number of aliphatic imine (C=N–C) groups is 2. The molecule has 1 aliphatic rings. The van der Waals surface area contributed by atoms with E-state index in [1.54, 1.807) is 0 Å². The van der Waals surface area contributed by atoms with Crippen LogP contribution in [0.25, 0.3) is 0 Å². The zero-order chi connectivity index (χ0) is 7.78. The lowest BCUT2D eigenvalue weighted by Gasteiger charge is -2.19. The van der Waals surface area contributed by atoms with Crippen molar-refractivity contribution in [2.75, 3.05) is 0 Å². The second-order valence-corrected chi connectivity index (χ2v) is 3.34. The minimum Gasteiger partial charge on any atom is -0.369 e. The van der Waals surface area contributed by atoms with Gasteiger partial charge in [-0.25, -0.2) is 0 Å². The van der Waals surface area contributed by atoms with E-state index in [2.05, 4.69) is 15.3 Å². The number of nitrogens with one attached hydrogen (secondary N) is 1. The van der Waals surface area contributed by atoms with Gasteiger partial charge in [0.25, 0.3) is 3.79 Å². The van der Waals surface area contributed by atoms with E-state index >= 15 is 0 Å². The van der Waals surface area contributed by atoms with Gasteiger partial charge in [0.2, 0.25) is 0 Å². The maximum atomic E-state index is 5.47. The van der Waals surface area contributed by atoms with E-state index in [0.717, 1.165) is 0 Å². The quantitative estimate of drug-likeness (QED) is 0.232. The standard InChI is InChI=1S/C3H7IN6/c4-3(7)9-1(5)8-2(6)10-3/h7H2,(H5,5,6,8,9,10). The van der Waals surface area contributed by atoms with Gasteiger partial charge in [-0.2, -0.15) is 9.98 Å². The summed E-state index contributed by atoms with van der Waals surface area (Å²) in [6, 6.07) is 0. The highest BCUT2D eigenvalue weighted by Crippen LogP contribution is 2.15. The molecule has 7 heteroatoms. The fourth-order valence-corrected chi connectivity index (χ4v) is 1.07. The van der Waals surface area contributed by atoms with Crippen LogP contribution in [0, 0.1) is 0 Å². The van der Waals surface area contributed by atoms with Crippen molar-refractivity contribution in [3.8, 4) is 0 Å². The summed E-state index contributed by atoms with van der Waals surface area (Å²) in [6.07, 6.45) is 0.